The maximum Gasteiger partial charge on any atom is 0.242 e. The number of ether oxygens (including phenoxy) is 2. The summed E-state index contributed by atoms with van der Waals surface area (Å²) in [6, 6.07) is 0. The lowest BCUT2D eigenvalue weighted by atomic mass is 10.4. The molecule has 2 heterocycles. The van der Waals surface area contributed by atoms with Gasteiger partial charge in [0.25, 0.3) is 0 Å². The van der Waals surface area contributed by atoms with E-state index in [1.807, 2.05) is 11.9 Å². The highest BCUT2D eigenvalue weighted by Gasteiger charge is 2.14. The summed E-state index contributed by atoms with van der Waals surface area (Å²) >= 11 is 0. The lowest BCUT2D eigenvalue weighted by molar-refractivity contribution is 0.0495. The minimum Gasteiger partial charge on any atom is -0.476 e. The second-order valence-electron chi connectivity index (χ2n) is 3.59. The van der Waals surface area contributed by atoms with Crippen molar-refractivity contribution in [2.24, 2.45) is 0 Å². The van der Waals surface area contributed by atoms with E-state index in [0.717, 1.165) is 13.1 Å². The molecule has 0 unspecified atom stereocenters. The third-order valence-electron chi connectivity index (χ3n) is 2.40. The molecule has 1 aliphatic heterocycles. The van der Waals surface area contributed by atoms with E-state index in [4.69, 9.17) is 15.2 Å². The highest BCUT2D eigenvalue weighted by atomic mass is 16.5. The van der Waals surface area contributed by atoms with E-state index in [2.05, 4.69) is 15.4 Å². The van der Waals surface area contributed by atoms with Gasteiger partial charge in [0.2, 0.25) is 5.88 Å². The first-order valence-electron chi connectivity index (χ1n) is 5.64. The van der Waals surface area contributed by atoms with Crippen molar-refractivity contribution in [3.63, 3.8) is 0 Å². The summed E-state index contributed by atoms with van der Waals surface area (Å²) in [4.78, 5) is 8.09. The Labute approximate surface area is 99.9 Å². The number of anilines is 2. The lowest BCUT2D eigenvalue weighted by Crippen LogP contribution is -2.40. The molecule has 3 N–H and O–H groups in total. The van der Waals surface area contributed by atoms with E-state index in [-0.39, 0.29) is 0 Å². The summed E-state index contributed by atoms with van der Waals surface area (Å²) in [6.07, 6.45) is 1.43. The third kappa shape index (κ3) is 2.95. The Kier molecular flexibility index (Phi) is 3.94. The minimum atomic E-state index is 0.415. The third-order valence-corrected chi connectivity index (χ3v) is 2.40. The van der Waals surface area contributed by atoms with E-state index < -0.39 is 0 Å². The molecule has 1 aromatic rings. The molecular weight excluding hydrogens is 222 g/mol. The van der Waals surface area contributed by atoms with Crippen LogP contribution in [0.15, 0.2) is 6.33 Å². The number of hydrogen-bond acceptors (Lipinski definition) is 7. The molecule has 0 amide bonds. The van der Waals surface area contributed by atoms with Crippen molar-refractivity contribution in [2.75, 3.05) is 44.1 Å². The predicted molar refractivity (Wildman–Crippen MR) is 63.6 cm³/mol. The van der Waals surface area contributed by atoms with Crippen molar-refractivity contribution < 1.29 is 9.47 Å². The molecule has 7 heteroatoms. The SMILES string of the molecule is CCOc1ncnc(NN2CCOCC2)c1N. The molecule has 7 nitrogen and oxygen atoms in total. The van der Waals surface area contributed by atoms with Crippen molar-refractivity contribution in [2.45, 2.75) is 6.92 Å². The van der Waals surface area contributed by atoms with E-state index in [1.54, 1.807) is 0 Å². The van der Waals surface area contributed by atoms with Gasteiger partial charge in [-0.1, -0.05) is 0 Å². The fourth-order valence-corrected chi connectivity index (χ4v) is 1.55. The number of nitrogens with zero attached hydrogens (tertiary/aromatic N) is 3. The van der Waals surface area contributed by atoms with Gasteiger partial charge >= 0.3 is 0 Å². The molecule has 1 aromatic heterocycles. The molecule has 1 saturated heterocycles. The quantitative estimate of drug-likeness (QED) is 0.771. The molecule has 0 spiro atoms. The van der Waals surface area contributed by atoms with Crippen LogP contribution in [0.5, 0.6) is 5.88 Å². The van der Waals surface area contributed by atoms with Gasteiger partial charge in [0.15, 0.2) is 5.82 Å². The zero-order chi connectivity index (χ0) is 12.1. The summed E-state index contributed by atoms with van der Waals surface area (Å²) in [5.74, 6) is 0.989. The van der Waals surface area contributed by atoms with Crippen molar-refractivity contribution in [3.8, 4) is 5.88 Å². The van der Waals surface area contributed by atoms with Gasteiger partial charge in [-0.2, -0.15) is 4.98 Å². The van der Waals surface area contributed by atoms with Crippen LogP contribution >= 0.6 is 0 Å². The molecular formula is C10H17N5O2. The number of morpholine rings is 1. The normalized spacial score (nSPS) is 16.8. The Balaban J connectivity index is 2.06. The Bertz CT molecular complexity index is 368. The average Bonchev–Trinajstić information content (AvgIpc) is 2.36. The summed E-state index contributed by atoms with van der Waals surface area (Å²) in [6.45, 7) is 5.42. The first-order chi connectivity index (χ1) is 8.31. The zero-order valence-corrected chi connectivity index (χ0v) is 9.85. The van der Waals surface area contributed by atoms with Gasteiger partial charge in [-0.3, -0.25) is 0 Å². The molecule has 0 radical (unpaired) electrons. The molecule has 1 fully saturated rings. The van der Waals surface area contributed by atoms with Gasteiger partial charge in [-0.15, -0.1) is 0 Å². The number of hydrazine groups is 1. The molecule has 0 aliphatic carbocycles. The monoisotopic (exact) mass is 239 g/mol. The van der Waals surface area contributed by atoms with Gasteiger partial charge in [0.1, 0.15) is 12.0 Å². The minimum absolute atomic E-state index is 0.415. The number of rotatable bonds is 4. The fraction of sp³-hybridized carbons (Fsp3) is 0.600. The molecule has 94 valence electrons. The summed E-state index contributed by atoms with van der Waals surface area (Å²) < 4.78 is 10.6. The van der Waals surface area contributed by atoms with Gasteiger partial charge in [0, 0.05) is 13.1 Å². The predicted octanol–water partition coefficient (Wildman–Crippen LogP) is 0.117. The van der Waals surface area contributed by atoms with Crippen LogP contribution in [0.2, 0.25) is 0 Å². The van der Waals surface area contributed by atoms with Crippen LogP contribution in [-0.4, -0.2) is 47.9 Å². The zero-order valence-electron chi connectivity index (χ0n) is 9.85. The molecule has 0 aromatic carbocycles. The van der Waals surface area contributed by atoms with Crippen LogP contribution in [0, 0.1) is 0 Å². The van der Waals surface area contributed by atoms with Crippen LogP contribution in [0.1, 0.15) is 6.92 Å². The number of nitrogens with two attached hydrogens (primary N) is 1. The van der Waals surface area contributed by atoms with Gasteiger partial charge in [-0.25, -0.2) is 9.99 Å². The largest absolute Gasteiger partial charge is 0.476 e. The summed E-state index contributed by atoms with van der Waals surface area (Å²) in [7, 11) is 0. The molecule has 2 rings (SSSR count). The maximum absolute atomic E-state index is 5.92. The van der Waals surface area contributed by atoms with E-state index in [9.17, 15) is 0 Å². The molecule has 0 bridgehead atoms. The maximum atomic E-state index is 5.92. The van der Waals surface area contributed by atoms with Crippen LogP contribution in [0.25, 0.3) is 0 Å². The first kappa shape index (κ1) is 11.9. The Morgan fingerprint density at radius 1 is 1.47 bits per heavy atom. The highest BCUT2D eigenvalue weighted by Crippen LogP contribution is 2.24. The molecule has 1 aliphatic rings. The number of hydrogen-bond donors (Lipinski definition) is 2. The smallest absolute Gasteiger partial charge is 0.242 e. The first-order valence-corrected chi connectivity index (χ1v) is 5.64. The Morgan fingerprint density at radius 3 is 2.94 bits per heavy atom. The summed E-state index contributed by atoms with van der Waals surface area (Å²) in [5, 5.41) is 2.01. The lowest BCUT2D eigenvalue weighted by Gasteiger charge is -2.27. The van der Waals surface area contributed by atoms with Crippen molar-refractivity contribution in [1.29, 1.82) is 0 Å². The summed E-state index contributed by atoms with van der Waals surface area (Å²) in [5.41, 5.74) is 9.49. The molecule has 17 heavy (non-hydrogen) atoms. The number of aromatic nitrogens is 2. The van der Waals surface area contributed by atoms with Gasteiger partial charge < -0.3 is 20.6 Å². The topological polar surface area (TPSA) is 85.5 Å². The number of nitrogens with one attached hydrogen (secondary N) is 1. The Morgan fingerprint density at radius 2 is 2.24 bits per heavy atom. The Hall–Kier alpha value is -1.60. The van der Waals surface area contributed by atoms with Gasteiger partial charge in [-0.05, 0) is 6.92 Å². The van der Waals surface area contributed by atoms with Crippen molar-refractivity contribution >= 4 is 11.5 Å². The van der Waals surface area contributed by atoms with Crippen LogP contribution < -0.4 is 15.9 Å². The highest BCUT2D eigenvalue weighted by molar-refractivity contribution is 5.65. The van der Waals surface area contributed by atoms with E-state index in [1.165, 1.54) is 6.33 Å². The molecule has 0 saturated carbocycles. The van der Waals surface area contributed by atoms with Crippen LogP contribution in [-0.2, 0) is 4.74 Å². The van der Waals surface area contributed by atoms with Crippen molar-refractivity contribution in [3.05, 3.63) is 6.33 Å². The average molecular weight is 239 g/mol. The van der Waals surface area contributed by atoms with Crippen LogP contribution in [0.3, 0.4) is 0 Å². The standard InChI is InChI=1S/C10H17N5O2/c1-2-17-10-8(11)9(12-7-13-10)14-15-3-5-16-6-4-15/h7H,2-6,11H2,1H3,(H,12,13,14). The van der Waals surface area contributed by atoms with E-state index >= 15 is 0 Å². The van der Waals surface area contributed by atoms with Crippen LogP contribution in [0.4, 0.5) is 11.5 Å². The number of nitrogen functional groups attached to an aromatic ring is 1. The van der Waals surface area contributed by atoms with E-state index in [0.29, 0.717) is 37.2 Å². The second kappa shape index (κ2) is 5.65. The molecule has 0 atom stereocenters. The fourth-order valence-electron chi connectivity index (χ4n) is 1.55. The van der Waals surface area contributed by atoms with Crippen molar-refractivity contribution in [1.82, 2.24) is 15.0 Å². The second-order valence-corrected chi connectivity index (χ2v) is 3.59. The van der Waals surface area contributed by atoms with Gasteiger partial charge in [0.05, 0.1) is 19.8 Å².